The highest BCUT2D eigenvalue weighted by Gasteiger charge is 2.32. The van der Waals surface area contributed by atoms with Gasteiger partial charge in [0.25, 0.3) is 11.5 Å². The van der Waals surface area contributed by atoms with Crippen LogP contribution in [0.4, 0.5) is 5.69 Å². The van der Waals surface area contributed by atoms with Crippen LogP contribution in [0.25, 0.3) is 22.3 Å². The van der Waals surface area contributed by atoms with Crippen LogP contribution in [0.2, 0.25) is 0 Å². The number of nitrogens with zero attached hydrogens (tertiary/aromatic N) is 4. The Labute approximate surface area is 180 Å². The van der Waals surface area contributed by atoms with Crippen LogP contribution in [0.3, 0.4) is 0 Å². The van der Waals surface area contributed by atoms with E-state index in [2.05, 4.69) is 26.0 Å². The molecule has 0 saturated carbocycles. The van der Waals surface area contributed by atoms with Crippen molar-refractivity contribution in [3.63, 3.8) is 0 Å². The number of rotatable bonds is 2. The molecule has 0 unspecified atom stereocenters. The molecule has 0 bridgehead atoms. The van der Waals surface area contributed by atoms with E-state index in [0.717, 1.165) is 15.7 Å². The van der Waals surface area contributed by atoms with Gasteiger partial charge in [-0.15, -0.1) is 0 Å². The first-order chi connectivity index (χ1) is 14.5. The number of amides is 1. The van der Waals surface area contributed by atoms with E-state index in [0.29, 0.717) is 22.3 Å². The molecule has 0 fully saturated rings. The fourth-order valence-electron chi connectivity index (χ4n) is 3.56. The number of para-hydroxylation sites is 1. The van der Waals surface area contributed by atoms with Crippen LogP contribution in [-0.4, -0.2) is 28.3 Å². The number of carbonyl (C=O) groups is 1. The van der Waals surface area contributed by atoms with Crippen molar-refractivity contribution in [1.82, 2.24) is 9.66 Å². The van der Waals surface area contributed by atoms with E-state index < -0.39 is 0 Å². The number of anilines is 1. The molecule has 2 heterocycles. The maximum absolute atomic E-state index is 13.4. The largest absolute Gasteiger partial charge is 0.309 e. The van der Waals surface area contributed by atoms with E-state index in [-0.39, 0.29) is 17.2 Å². The van der Waals surface area contributed by atoms with Crippen molar-refractivity contribution in [2.45, 2.75) is 0 Å². The molecular formula is C23H15BrN4O2. The Morgan fingerprint density at radius 1 is 0.933 bits per heavy atom. The van der Waals surface area contributed by atoms with Gasteiger partial charge < -0.3 is 4.90 Å². The second-order valence-corrected chi connectivity index (χ2v) is 7.83. The molecule has 6 nitrogen and oxygen atoms in total. The zero-order chi connectivity index (χ0) is 20.8. The lowest BCUT2D eigenvalue weighted by molar-refractivity contribution is -0.112. The van der Waals surface area contributed by atoms with Crippen LogP contribution in [0.15, 0.2) is 87.2 Å². The first-order valence-corrected chi connectivity index (χ1v) is 10.1. The lowest BCUT2D eigenvalue weighted by atomic mass is 10.1. The van der Waals surface area contributed by atoms with Gasteiger partial charge in [-0.2, -0.15) is 9.78 Å². The molecule has 0 atom stereocenters. The Bertz CT molecular complexity index is 1410. The number of aromatic nitrogens is 2. The Kier molecular flexibility index (Phi) is 4.33. The molecule has 0 saturated heterocycles. The first-order valence-electron chi connectivity index (χ1n) is 9.29. The van der Waals surface area contributed by atoms with Crippen molar-refractivity contribution >= 4 is 44.1 Å². The summed E-state index contributed by atoms with van der Waals surface area (Å²) in [6.45, 7) is 0. The Hall–Kier alpha value is -3.58. The van der Waals surface area contributed by atoms with Gasteiger partial charge in [-0.25, -0.2) is 4.98 Å². The summed E-state index contributed by atoms with van der Waals surface area (Å²) in [5, 5.41) is 4.98. The summed E-state index contributed by atoms with van der Waals surface area (Å²) in [5.74, 6) is 0.105. The molecule has 0 N–H and O–H groups in total. The molecule has 30 heavy (non-hydrogen) atoms. The minimum atomic E-state index is -0.328. The number of carbonyl (C=O) groups excluding carboxylic acids is 1. The molecular weight excluding hydrogens is 444 g/mol. The molecule has 1 aromatic heterocycles. The van der Waals surface area contributed by atoms with Crippen molar-refractivity contribution in [2.75, 3.05) is 11.9 Å². The van der Waals surface area contributed by atoms with Crippen LogP contribution < -0.4 is 10.5 Å². The molecule has 0 aliphatic carbocycles. The second-order valence-electron chi connectivity index (χ2n) is 6.91. The average Bonchev–Trinajstić information content (AvgIpc) is 3.00. The summed E-state index contributed by atoms with van der Waals surface area (Å²) < 4.78 is 2.05. The van der Waals surface area contributed by atoms with Gasteiger partial charge in [-0.3, -0.25) is 9.59 Å². The number of hydrogen-bond acceptors (Lipinski definition) is 4. The number of benzene rings is 3. The Morgan fingerprint density at radius 3 is 2.47 bits per heavy atom. The van der Waals surface area contributed by atoms with E-state index in [9.17, 15) is 9.59 Å². The van der Waals surface area contributed by atoms with Crippen LogP contribution in [0.1, 0.15) is 5.56 Å². The smallest absolute Gasteiger partial charge is 0.282 e. The first kappa shape index (κ1) is 18.4. The standard InChI is InChI=1S/C23H15BrN4O2/c1-27-19-12-11-15(24)13-17(19)20(23(27)30)26-28-21(14-7-3-2-4-8-14)25-18-10-6-5-9-16(18)22(28)29/h2-13H,1H3/b26-20+. The predicted octanol–water partition coefficient (Wildman–Crippen LogP) is 4.05. The van der Waals surface area contributed by atoms with E-state index in [1.165, 1.54) is 9.58 Å². The Balaban J connectivity index is 1.84. The van der Waals surface area contributed by atoms with Crippen molar-refractivity contribution in [2.24, 2.45) is 5.10 Å². The zero-order valence-corrected chi connectivity index (χ0v) is 17.5. The summed E-state index contributed by atoms with van der Waals surface area (Å²) in [4.78, 5) is 32.5. The number of hydrogen-bond donors (Lipinski definition) is 0. The number of halogens is 1. The highest BCUT2D eigenvalue weighted by atomic mass is 79.9. The van der Waals surface area contributed by atoms with Crippen LogP contribution >= 0.6 is 15.9 Å². The highest BCUT2D eigenvalue weighted by molar-refractivity contribution is 9.10. The summed E-state index contributed by atoms with van der Waals surface area (Å²) in [6, 6.07) is 22.0. The minimum absolute atomic E-state index is 0.199. The summed E-state index contributed by atoms with van der Waals surface area (Å²) >= 11 is 3.45. The molecule has 1 aliphatic heterocycles. The van der Waals surface area contributed by atoms with Crippen LogP contribution in [0.5, 0.6) is 0 Å². The molecule has 146 valence electrons. The van der Waals surface area contributed by atoms with Crippen LogP contribution in [0, 0.1) is 0 Å². The molecule has 5 rings (SSSR count). The van der Waals surface area contributed by atoms with Crippen molar-refractivity contribution in [1.29, 1.82) is 0 Å². The van der Waals surface area contributed by atoms with Gasteiger partial charge in [-0.05, 0) is 30.3 Å². The van der Waals surface area contributed by atoms with Crippen molar-refractivity contribution < 1.29 is 4.79 Å². The zero-order valence-electron chi connectivity index (χ0n) is 15.9. The van der Waals surface area contributed by atoms with Gasteiger partial charge in [0.1, 0.15) is 0 Å². The molecule has 3 aromatic carbocycles. The monoisotopic (exact) mass is 458 g/mol. The van der Waals surface area contributed by atoms with Crippen molar-refractivity contribution in [3.8, 4) is 11.4 Å². The van der Waals surface area contributed by atoms with Gasteiger partial charge in [0.15, 0.2) is 11.5 Å². The molecule has 4 aromatic rings. The third-order valence-electron chi connectivity index (χ3n) is 5.07. The number of fused-ring (bicyclic) bond motifs is 2. The van der Waals surface area contributed by atoms with Crippen molar-refractivity contribution in [3.05, 3.63) is 93.2 Å². The normalized spacial score (nSPS) is 14.5. The number of likely N-dealkylation sites (N-methyl/N-ethyl adjacent to an activating group) is 1. The fourth-order valence-corrected chi connectivity index (χ4v) is 3.92. The lowest BCUT2D eigenvalue weighted by Gasteiger charge is -2.10. The second kappa shape index (κ2) is 7.03. The molecule has 7 heteroatoms. The fraction of sp³-hybridized carbons (Fsp3) is 0.0435. The van der Waals surface area contributed by atoms with E-state index in [1.807, 2.05) is 54.6 Å². The van der Waals surface area contributed by atoms with Gasteiger partial charge in [0, 0.05) is 22.6 Å². The average molecular weight is 459 g/mol. The topological polar surface area (TPSA) is 67.6 Å². The molecule has 0 radical (unpaired) electrons. The third-order valence-corrected chi connectivity index (χ3v) is 5.56. The lowest BCUT2D eigenvalue weighted by Crippen LogP contribution is -2.28. The van der Waals surface area contributed by atoms with E-state index in [1.54, 1.807) is 25.2 Å². The van der Waals surface area contributed by atoms with Gasteiger partial charge in [0.2, 0.25) is 0 Å². The van der Waals surface area contributed by atoms with Crippen LogP contribution in [-0.2, 0) is 4.79 Å². The maximum Gasteiger partial charge on any atom is 0.282 e. The summed E-state index contributed by atoms with van der Waals surface area (Å²) in [6.07, 6.45) is 0. The minimum Gasteiger partial charge on any atom is -0.309 e. The van der Waals surface area contributed by atoms with Gasteiger partial charge in [-0.1, -0.05) is 58.4 Å². The maximum atomic E-state index is 13.4. The molecule has 1 aliphatic rings. The highest BCUT2D eigenvalue weighted by Crippen LogP contribution is 2.31. The summed E-state index contributed by atoms with van der Waals surface area (Å²) in [7, 11) is 1.69. The Morgan fingerprint density at radius 2 is 1.67 bits per heavy atom. The predicted molar refractivity (Wildman–Crippen MR) is 121 cm³/mol. The third kappa shape index (κ3) is 2.86. The van der Waals surface area contributed by atoms with Gasteiger partial charge >= 0.3 is 0 Å². The summed E-state index contributed by atoms with van der Waals surface area (Å²) in [5.41, 5.74) is 2.59. The SMILES string of the molecule is CN1C(=O)/C(=N/n2c(-c3ccccc3)nc3ccccc3c2=O)c2cc(Br)ccc21. The molecule has 1 amide bonds. The van der Waals surface area contributed by atoms with E-state index >= 15 is 0 Å². The van der Waals surface area contributed by atoms with Gasteiger partial charge in [0.05, 0.1) is 16.6 Å². The quantitative estimate of drug-likeness (QED) is 0.454. The molecule has 0 spiro atoms. The van der Waals surface area contributed by atoms with E-state index in [4.69, 9.17) is 0 Å².